The van der Waals surface area contributed by atoms with Gasteiger partial charge in [-0.2, -0.15) is 0 Å². The summed E-state index contributed by atoms with van der Waals surface area (Å²) >= 11 is 0. The molecule has 0 heteroatoms. The molecule has 1 aliphatic carbocycles. The van der Waals surface area contributed by atoms with E-state index < -0.39 is 0 Å². The van der Waals surface area contributed by atoms with E-state index in [1.807, 2.05) is 0 Å². The summed E-state index contributed by atoms with van der Waals surface area (Å²) in [4.78, 5) is 0. The third-order valence-electron chi connectivity index (χ3n) is 11.4. The number of benzene rings is 10. The molecule has 47 heavy (non-hydrogen) atoms. The van der Waals surface area contributed by atoms with Crippen LogP contribution >= 0.6 is 0 Å². The zero-order valence-corrected chi connectivity index (χ0v) is 26.4. The summed E-state index contributed by atoms with van der Waals surface area (Å²) < 4.78 is 0. The molecule has 10 aromatic carbocycles. The van der Waals surface area contributed by atoms with E-state index in [4.69, 9.17) is 0 Å². The van der Waals surface area contributed by atoms with Crippen LogP contribution in [0, 0.1) is 0 Å². The Kier molecular flexibility index (Phi) is 4.74. The monoisotopic (exact) mass is 594 g/mol. The van der Waals surface area contributed by atoms with Crippen LogP contribution in [0.5, 0.6) is 0 Å². The lowest BCUT2D eigenvalue weighted by molar-refractivity contribution is 0.661. The van der Waals surface area contributed by atoms with Crippen molar-refractivity contribution in [2.75, 3.05) is 0 Å². The van der Waals surface area contributed by atoms with Crippen LogP contribution in [0.15, 0.2) is 146 Å². The van der Waals surface area contributed by atoms with Crippen LogP contribution < -0.4 is 0 Å². The molecule has 0 nitrogen and oxygen atoms in total. The average molecular weight is 595 g/mol. The van der Waals surface area contributed by atoms with E-state index in [2.05, 4.69) is 159 Å². The zero-order valence-electron chi connectivity index (χ0n) is 26.4. The summed E-state index contributed by atoms with van der Waals surface area (Å²) in [7, 11) is 0. The quantitative estimate of drug-likeness (QED) is 0.175. The molecule has 218 valence electrons. The summed E-state index contributed by atoms with van der Waals surface area (Å²) in [5, 5.41) is 16.0. The number of rotatable bonds is 2. The lowest BCUT2D eigenvalue weighted by Crippen LogP contribution is -2.15. The average Bonchev–Trinajstić information content (AvgIpc) is 3.34. The second-order valence-corrected chi connectivity index (χ2v) is 14.1. The van der Waals surface area contributed by atoms with Crippen molar-refractivity contribution in [1.29, 1.82) is 0 Å². The van der Waals surface area contributed by atoms with Crippen LogP contribution in [-0.2, 0) is 5.41 Å². The first-order valence-electron chi connectivity index (χ1n) is 16.7. The predicted molar refractivity (Wildman–Crippen MR) is 202 cm³/mol. The predicted octanol–water partition coefficient (Wildman–Crippen LogP) is 13.1. The van der Waals surface area contributed by atoms with E-state index in [9.17, 15) is 0 Å². The van der Waals surface area contributed by atoms with Gasteiger partial charge in [0.15, 0.2) is 0 Å². The fourth-order valence-corrected chi connectivity index (χ4v) is 9.05. The van der Waals surface area contributed by atoms with Gasteiger partial charge >= 0.3 is 0 Å². The summed E-state index contributed by atoms with van der Waals surface area (Å²) in [6.45, 7) is 4.80. The van der Waals surface area contributed by atoms with Crippen molar-refractivity contribution in [3.63, 3.8) is 0 Å². The van der Waals surface area contributed by atoms with E-state index in [1.54, 1.807) is 0 Å². The number of fused-ring (bicyclic) bond motifs is 3. The first-order valence-corrected chi connectivity index (χ1v) is 16.7. The van der Waals surface area contributed by atoms with Crippen LogP contribution in [0.1, 0.15) is 25.0 Å². The highest BCUT2D eigenvalue weighted by Gasteiger charge is 2.36. The molecule has 0 fully saturated rings. The Hall–Kier alpha value is -5.72. The fourth-order valence-electron chi connectivity index (χ4n) is 9.05. The largest absolute Gasteiger partial charge is 0.0610 e. The van der Waals surface area contributed by atoms with E-state index in [0.717, 1.165) is 0 Å². The highest BCUT2D eigenvalue weighted by atomic mass is 14.4. The molecule has 0 atom stereocenters. The Balaban J connectivity index is 1.07. The summed E-state index contributed by atoms with van der Waals surface area (Å²) in [6.07, 6.45) is 0. The standard InChI is InChI=1S/C47H30/c1-47(2)41-25-33(35-19-13-31-11-9-27-5-3-7-29-15-23-39(35)45(31)43(27)29)17-21-37(41)38-22-18-34(26-42(38)47)36-20-14-32-12-10-28-6-4-8-30-16-24-40(36)46(32)44(28)30/h3-26H,1-2H3. The van der Waals surface area contributed by atoms with E-state index >= 15 is 0 Å². The molecule has 0 bridgehead atoms. The normalized spacial score (nSPS) is 13.9. The van der Waals surface area contributed by atoms with Gasteiger partial charge in [0.25, 0.3) is 0 Å². The van der Waals surface area contributed by atoms with Gasteiger partial charge < -0.3 is 0 Å². The molecule has 0 radical (unpaired) electrons. The first-order chi connectivity index (χ1) is 23.0. The Morgan fingerprint density at radius 3 is 1.09 bits per heavy atom. The molecular formula is C47H30. The third kappa shape index (κ3) is 3.27. The molecule has 0 N–H and O–H groups in total. The van der Waals surface area contributed by atoms with Crippen molar-refractivity contribution in [2.24, 2.45) is 0 Å². The van der Waals surface area contributed by atoms with Gasteiger partial charge in [-0.3, -0.25) is 0 Å². The van der Waals surface area contributed by atoms with Gasteiger partial charge in [-0.05, 0) is 121 Å². The first kappa shape index (κ1) is 25.5. The maximum Gasteiger partial charge on any atom is 0.0159 e. The molecule has 0 saturated heterocycles. The highest BCUT2D eigenvalue weighted by Crippen LogP contribution is 2.52. The number of hydrogen-bond acceptors (Lipinski definition) is 0. The van der Waals surface area contributed by atoms with Gasteiger partial charge in [-0.15, -0.1) is 0 Å². The molecule has 10 aromatic rings. The van der Waals surface area contributed by atoms with Gasteiger partial charge in [0.1, 0.15) is 0 Å². The molecule has 0 aromatic heterocycles. The van der Waals surface area contributed by atoms with E-state index in [1.165, 1.54) is 109 Å². The second-order valence-electron chi connectivity index (χ2n) is 14.1. The minimum Gasteiger partial charge on any atom is -0.0610 e. The summed E-state index contributed by atoms with van der Waals surface area (Å²) in [6, 6.07) is 55.2. The minimum absolute atomic E-state index is 0.121. The fraction of sp³-hybridized carbons (Fsp3) is 0.0638. The van der Waals surface area contributed by atoms with E-state index in [-0.39, 0.29) is 5.41 Å². The van der Waals surface area contributed by atoms with Crippen LogP contribution in [0.3, 0.4) is 0 Å². The third-order valence-corrected chi connectivity index (χ3v) is 11.4. The molecule has 0 spiro atoms. The topological polar surface area (TPSA) is 0 Å². The van der Waals surface area contributed by atoms with E-state index in [0.29, 0.717) is 0 Å². The zero-order chi connectivity index (χ0) is 31.0. The smallest absolute Gasteiger partial charge is 0.0159 e. The lowest BCUT2D eigenvalue weighted by Gasteiger charge is -2.23. The molecule has 0 aliphatic heterocycles. The Labute approximate surface area is 273 Å². The van der Waals surface area contributed by atoms with Gasteiger partial charge in [-0.25, -0.2) is 0 Å². The van der Waals surface area contributed by atoms with Gasteiger partial charge in [0.05, 0.1) is 0 Å². The molecule has 0 unspecified atom stereocenters. The second kappa shape index (κ2) is 8.75. The lowest BCUT2D eigenvalue weighted by atomic mass is 9.80. The van der Waals surface area contributed by atoms with Gasteiger partial charge in [0.2, 0.25) is 0 Å². The van der Waals surface area contributed by atoms with Crippen LogP contribution in [0.2, 0.25) is 0 Å². The Morgan fingerprint density at radius 1 is 0.319 bits per heavy atom. The Morgan fingerprint density at radius 2 is 0.660 bits per heavy atom. The molecule has 0 saturated carbocycles. The molecule has 1 aliphatic rings. The van der Waals surface area contributed by atoms with Crippen molar-refractivity contribution in [2.45, 2.75) is 19.3 Å². The van der Waals surface area contributed by atoms with Crippen LogP contribution in [0.25, 0.3) is 98.0 Å². The van der Waals surface area contributed by atoms with Crippen LogP contribution in [-0.4, -0.2) is 0 Å². The number of hydrogen-bond donors (Lipinski definition) is 0. The van der Waals surface area contributed by atoms with Gasteiger partial charge in [-0.1, -0.05) is 147 Å². The Bertz CT molecular complexity index is 2690. The highest BCUT2D eigenvalue weighted by molar-refractivity contribution is 6.26. The van der Waals surface area contributed by atoms with Crippen molar-refractivity contribution in [3.8, 4) is 33.4 Å². The molecular weight excluding hydrogens is 565 g/mol. The van der Waals surface area contributed by atoms with Crippen molar-refractivity contribution in [3.05, 3.63) is 157 Å². The minimum atomic E-state index is -0.121. The molecule has 11 rings (SSSR count). The van der Waals surface area contributed by atoms with Crippen molar-refractivity contribution in [1.82, 2.24) is 0 Å². The maximum atomic E-state index is 2.47. The van der Waals surface area contributed by atoms with Gasteiger partial charge in [0, 0.05) is 5.41 Å². The van der Waals surface area contributed by atoms with Crippen molar-refractivity contribution >= 4 is 64.6 Å². The molecule has 0 heterocycles. The SMILES string of the molecule is CC1(C)c2cc(-c3ccc4ccc5cccc6ccc3c4c56)ccc2-c2ccc(-c3ccc4ccc5cccc6ccc3c4c56)cc21. The van der Waals surface area contributed by atoms with Crippen molar-refractivity contribution < 1.29 is 0 Å². The summed E-state index contributed by atoms with van der Waals surface area (Å²) in [5.41, 5.74) is 10.6. The maximum absolute atomic E-state index is 2.47. The summed E-state index contributed by atoms with van der Waals surface area (Å²) in [5.74, 6) is 0. The van der Waals surface area contributed by atoms with Crippen LogP contribution in [0.4, 0.5) is 0 Å². The molecule has 0 amide bonds.